The lowest BCUT2D eigenvalue weighted by Gasteiger charge is -2.25. The van der Waals surface area contributed by atoms with Crippen LogP contribution in [0.5, 0.6) is 11.5 Å². The van der Waals surface area contributed by atoms with Crippen molar-refractivity contribution in [3.8, 4) is 11.5 Å². The van der Waals surface area contributed by atoms with Gasteiger partial charge in [-0.1, -0.05) is 36.4 Å². The molecule has 0 spiro atoms. The average molecular weight is 509 g/mol. The predicted molar refractivity (Wildman–Crippen MR) is 124 cm³/mol. The molecule has 0 bridgehead atoms. The van der Waals surface area contributed by atoms with Crippen molar-refractivity contribution < 1.29 is 14.2 Å². The monoisotopic (exact) mass is 509 g/mol. The summed E-state index contributed by atoms with van der Waals surface area (Å²) in [6, 6.07) is 16.5. The van der Waals surface area contributed by atoms with Crippen LogP contribution in [0.15, 0.2) is 53.5 Å². The Morgan fingerprint density at radius 3 is 2.72 bits per heavy atom. The molecule has 2 aromatic carbocycles. The highest BCUT2D eigenvalue weighted by Crippen LogP contribution is 2.34. The number of benzene rings is 2. The highest BCUT2D eigenvalue weighted by atomic mass is 127. The van der Waals surface area contributed by atoms with Gasteiger partial charge in [-0.25, -0.2) is 0 Å². The molecule has 1 N–H and O–H groups in total. The fourth-order valence-electron chi connectivity index (χ4n) is 3.85. The number of hydrogen-bond donors (Lipinski definition) is 1. The van der Waals surface area contributed by atoms with Gasteiger partial charge in [0.2, 0.25) is 6.79 Å². The zero-order chi connectivity index (χ0) is 19.3. The second-order valence-corrected chi connectivity index (χ2v) is 7.22. The Balaban J connectivity index is 0.00000240. The van der Waals surface area contributed by atoms with Crippen molar-refractivity contribution in [2.45, 2.75) is 19.1 Å². The van der Waals surface area contributed by atoms with Crippen LogP contribution in [0, 0.1) is 5.92 Å². The Morgan fingerprint density at radius 2 is 1.93 bits per heavy atom. The van der Waals surface area contributed by atoms with Crippen molar-refractivity contribution in [3.05, 3.63) is 59.7 Å². The van der Waals surface area contributed by atoms with E-state index in [0.29, 0.717) is 12.7 Å². The Hall–Kier alpha value is -2.00. The van der Waals surface area contributed by atoms with Crippen LogP contribution < -0.4 is 14.8 Å². The lowest BCUT2D eigenvalue weighted by atomic mass is 9.95. The van der Waals surface area contributed by atoms with Gasteiger partial charge in [-0.2, -0.15) is 0 Å². The fourth-order valence-corrected chi connectivity index (χ4v) is 3.85. The van der Waals surface area contributed by atoms with Crippen LogP contribution in [0.4, 0.5) is 0 Å². The first-order chi connectivity index (χ1) is 13.7. The summed E-state index contributed by atoms with van der Waals surface area (Å²) in [6.07, 6.45) is 1.20. The number of halogens is 1. The molecule has 29 heavy (non-hydrogen) atoms. The third-order valence-electron chi connectivity index (χ3n) is 5.29. The summed E-state index contributed by atoms with van der Waals surface area (Å²) < 4.78 is 16.9. The van der Waals surface area contributed by atoms with Gasteiger partial charge in [0.25, 0.3) is 0 Å². The third kappa shape index (κ3) is 5.14. The van der Waals surface area contributed by atoms with Gasteiger partial charge in [0.15, 0.2) is 17.5 Å². The van der Waals surface area contributed by atoms with Gasteiger partial charge in [0, 0.05) is 39.7 Å². The summed E-state index contributed by atoms with van der Waals surface area (Å²) >= 11 is 0. The second kappa shape index (κ2) is 10.2. The quantitative estimate of drug-likeness (QED) is 0.378. The maximum absolute atomic E-state index is 6.00. The van der Waals surface area contributed by atoms with Crippen LogP contribution in [0.3, 0.4) is 0 Å². The molecule has 2 unspecified atom stereocenters. The Bertz CT molecular complexity index is 831. The van der Waals surface area contributed by atoms with Gasteiger partial charge < -0.3 is 24.4 Å². The number of hydrogen-bond acceptors (Lipinski definition) is 4. The van der Waals surface area contributed by atoms with Gasteiger partial charge in [-0.05, 0) is 29.7 Å². The van der Waals surface area contributed by atoms with E-state index in [1.54, 1.807) is 0 Å². The van der Waals surface area contributed by atoms with Gasteiger partial charge in [0.1, 0.15) is 0 Å². The Morgan fingerprint density at radius 1 is 1.14 bits per heavy atom. The Labute approximate surface area is 189 Å². The number of nitrogens with zero attached hydrogens (tertiary/aromatic N) is 2. The number of fused-ring (bicyclic) bond motifs is 1. The molecule has 4 rings (SSSR count). The van der Waals surface area contributed by atoms with Crippen molar-refractivity contribution >= 4 is 29.9 Å². The van der Waals surface area contributed by atoms with E-state index in [1.807, 2.05) is 32.3 Å². The molecule has 0 aromatic heterocycles. The van der Waals surface area contributed by atoms with Crippen LogP contribution in [-0.2, 0) is 11.3 Å². The van der Waals surface area contributed by atoms with E-state index < -0.39 is 0 Å². The standard InChI is InChI=1S/C22H27N3O3.HI/c1-23-22(25(2)14-16-8-9-19-20(12-16)28-15-27-19)24-13-18-10-11-26-21(18)17-6-4-3-5-7-17;/h3-9,12,18,21H,10-11,13-15H2,1-2H3,(H,23,24);1H. The van der Waals surface area contributed by atoms with Crippen LogP contribution in [0.1, 0.15) is 23.7 Å². The van der Waals surface area contributed by atoms with Crippen molar-refractivity contribution in [1.82, 2.24) is 10.2 Å². The van der Waals surface area contributed by atoms with Crippen molar-refractivity contribution in [3.63, 3.8) is 0 Å². The van der Waals surface area contributed by atoms with E-state index in [9.17, 15) is 0 Å². The van der Waals surface area contributed by atoms with E-state index >= 15 is 0 Å². The molecule has 2 aliphatic rings. The first-order valence-corrected chi connectivity index (χ1v) is 9.71. The van der Waals surface area contributed by atoms with Crippen LogP contribution in [-0.4, -0.2) is 44.9 Å². The second-order valence-electron chi connectivity index (χ2n) is 7.22. The van der Waals surface area contributed by atoms with Crippen molar-refractivity contribution in [2.75, 3.05) is 34.0 Å². The van der Waals surface area contributed by atoms with E-state index in [-0.39, 0.29) is 30.1 Å². The van der Waals surface area contributed by atoms with Gasteiger partial charge in [-0.3, -0.25) is 4.99 Å². The van der Waals surface area contributed by atoms with E-state index in [0.717, 1.165) is 49.1 Å². The van der Waals surface area contributed by atoms with Crippen LogP contribution >= 0.6 is 24.0 Å². The molecule has 2 aliphatic heterocycles. The largest absolute Gasteiger partial charge is 0.454 e. The fraction of sp³-hybridized carbons (Fsp3) is 0.409. The molecular formula is C22H28IN3O3. The number of guanidine groups is 1. The van der Waals surface area contributed by atoms with Gasteiger partial charge in [0.05, 0.1) is 6.10 Å². The summed E-state index contributed by atoms with van der Waals surface area (Å²) in [5, 5.41) is 3.52. The number of ether oxygens (including phenoxy) is 3. The molecule has 1 saturated heterocycles. The molecule has 0 amide bonds. The lowest BCUT2D eigenvalue weighted by molar-refractivity contribution is 0.0914. The van der Waals surface area contributed by atoms with Gasteiger partial charge in [-0.15, -0.1) is 24.0 Å². The normalized spacial score (nSPS) is 20.3. The first-order valence-electron chi connectivity index (χ1n) is 9.71. The minimum Gasteiger partial charge on any atom is -0.454 e. The van der Waals surface area contributed by atoms with Crippen molar-refractivity contribution in [2.24, 2.45) is 10.9 Å². The number of nitrogens with one attached hydrogen (secondary N) is 1. The van der Waals surface area contributed by atoms with Crippen molar-refractivity contribution in [1.29, 1.82) is 0 Å². The molecule has 2 atom stereocenters. The van der Waals surface area contributed by atoms with E-state index in [1.165, 1.54) is 5.56 Å². The minimum atomic E-state index is 0. The summed E-state index contributed by atoms with van der Waals surface area (Å²) in [7, 11) is 3.86. The molecule has 1 fully saturated rings. The van der Waals surface area contributed by atoms with Gasteiger partial charge >= 0.3 is 0 Å². The molecule has 0 aliphatic carbocycles. The Kier molecular flexibility index (Phi) is 7.60. The number of aliphatic imine (C=N–C) groups is 1. The van der Waals surface area contributed by atoms with Crippen LogP contribution in [0.25, 0.3) is 0 Å². The minimum absolute atomic E-state index is 0. The maximum Gasteiger partial charge on any atom is 0.231 e. The zero-order valence-corrected chi connectivity index (χ0v) is 19.2. The smallest absolute Gasteiger partial charge is 0.231 e. The lowest BCUT2D eigenvalue weighted by Crippen LogP contribution is -2.41. The van der Waals surface area contributed by atoms with Crippen LogP contribution in [0.2, 0.25) is 0 Å². The zero-order valence-electron chi connectivity index (χ0n) is 16.8. The molecular weight excluding hydrogens is 481 g/mol. The van der Waals surface area contributed by atoms with E-state index in [4.69, 9.17) is 14.2 Å². The maximum atomic E-state index is 6.00. The third-order valence-corrected chi connectivity index (χ3v) is 5.29. The molecule has 156 valence electrons. The molecule has 0 radical (unpaired) electrons. The molecule has 6 nitrogen and oxygen atoms in total. The molecule has 2 heterocycles. The average Bonchev–Trinajstić information content (AvgIpc) is 3.38. The molecule has 7 heteroatoms. The topological polar surface area (TPSA) is 55.3 Å². The first kappa shape index (κ1) is 21.7. The van der Waals surface area contributed by atoms with E-state index in [2.05, 4.69) is 45.5 Å². The summed E-state index contributed by atoms with van der Waals surface area (Å²) in [6.45, 7) is 2.67. The highest BCUT2D eigenvalue weighted by Gasteiger charge is 2.29. The predicted octanol–water partition coefficient (Wildman–Crippen LogP) is 3.82. The summed E-state index contributed by atoms with van der Waals surface area (Å²) in [5.74, 6) is 2.92. The molecule has 2 aromatic rings. The summed E-state index contributed by atoms with van der Waals surface area (Å²) in [5.41, 5.74) is 2.40. The SMILES string of the molecule is CN=C(NCC1CCOC1c1ccccc1)N(C)Cc1ccc2c(c1)OCO2.I. The summed E-state index contributed by atoms with van der Waals surface area (Å²) in [4.78, 5) is 6.57. The molecule has 0 saturated carbocycles. The highest BCUT2D eigenvalue weighted by molar-refractivity contribution is 14.0. The number of rotatable bonds is 5.